The van der Waals surface area contributed by atoms with E-state index < -0.39 is 15.9 Å². The first-order chi connectivity index (χ1) is 15.8. The number of methoxy groups -OCH3 is 1. The predicted molar refractivity (Wildman–Crippen MR) is 125 cm³/mol. The van der Waals surface area contributed by atoms with Crippen LogP contribution in [-0.4, -0.2) is 45.2 Å². The summed E-state index contributed by atoms with van der Waals surface area (Å²) >= 11 is 0. The van der Waals surface area contributed by atoms with Gasteiger partial charge in [-0.1, -0.05) is 42.5 Å². The lowest BCUT2D eigenvalue weighted by Gasteiger charge is -2.29. The fourth-order valence-corrected chi connectivity index (χ4v) is 5.01. The van der Waals surface area contributed by atoms with Gasteiger partial charge in [0.1, 0.15) is 17.2 Å². The lowest BCUT2D eigenvalue weighted by Crippen LogP contribution is -2.42. The van der Waals surface area contributed by atoms with Crippen molar-refractivity contribution in [3.63, 3.8) is 0 Å². The largest absolute Gasteiger partial charge is 0.495 e. The Hall–Kier alpha value is -3.69. The molecule has 9 heteroatoms. The second-order valence-electron chi connectivity index (χ2n) is 7.57. The molecule has 4 rings (SSSR count). The molecule has 33 heavy (non-hydrogen) atoms. The molecule has 0 aliphatic carbocycles. The number of sulfonamides is 1. The molecule has 0 fully saturated rings. The van der Waals surface area contributed by atoms with E-state index >= 15 is 0 Å². The van der Waals surface area contributed by atoms with Crippen molar-refractivity contribution >= 4 is 33.2 Å². The summed E-state index contributed by atoms with van der Waals surface area (Å²) in [4.78, 5) is 26.7. The molecule has 170 valence electrons. The maximum Gasteiger partial charge on any atom is 0.258 e. The quantitative estimate of drug-likeness (QED) is 0.604. The number of carbonyl (C=O) groups excluding carboxylic acids is 2. The Balaban J connectivity index is 1.70. The summed E-state index contributed by atoms with van der Waals surface area (Å²) in [6.07, 6.45) is 0. The third-order valence-electron chi connectivity index (χ3n) is 5.36. The highest BCUT2D eigenvalue weighted by Gasteiger charge is 2.30. The number of amides is 2. The fraction of sp³-hybridized carbons (Fsp3) is 0.167. The second-order valence-corrected chi connectivity index (χ2v) is 9.58. The number of para-hydroxylation sites is 2. The average Bonchev–Trinajstić information content (AvgIpc) is 2.83. The van der Waals surface area contributed by atoms with Crippen molar-refractivity contribution < 1.29 is 22.7 Å². The van der Waals surface area contributed by atoms with Crippen LogP contribution in [0.5, 0.6) is 5.75 Å². The zero-order valence-corrected chi connectivity index (χ0v) is 19.0. The molecule has 0 spiro atoms. The molecule has 0 bridgehead atoms. The zero-order chi connectivity index (χ0) is 23.6. The van der Waals surface area contributed by atoms with Crippen LogP contribution in [0.2, 0.25) is 0 Å². The van der Waals surface area contributed by atoms with Gasteiger partial charge in [0.25, 0.3) is 5.91 Å². The molecule has 0 radical (unpaired) electrons. The van der Waals surface area contributed by atoms with Crippen LogP contribution in [0.4, 0.5) is 11.4 Å². The predicted octanol–water partition coefficient (Wildman–Crippen LogP) is 3.11. The summed E-state index contributed by atoms with van der Waals surface area (Å²) in [5.41, 5.74) is 2.02. The van der Waals surface area contributed by atoms with Crippen molar-refractivity contribution in [2.75, 3.05) is 30.9 Å². The number of fused-ring (bicyclic) bond motifs is 1. The third kappa shape index (κ3) is 4.46. The SMILES string of the molecule is COc1ccc(C(=O)N2CC(=O)Nc3ccccc32)cc1S(=O)(=O)N(C)Cc1ccccc1. The summed E-state index contributed by atoms with van der Waals surface area (Å²) < 4.78 is 33.2. The molecule has 0 unspecified atom stereocenters. The molecule has 1 aliphatic rings. The minimum absolute atomic E-state index is 0.121. The Morgan fingerprint density at radius 1 is 1.06 bits per heavy atom. The molecule has 2 amide bonds. The molecule has 1 heterocycles. The van der Waals surface area contributed by atoms with E-state index in [1.807, 2.05) is 30.3 Å². The number of hydrogen-bond acceptors (Lipinski definition) is 5. The zero-order valence-electron chi connectivity index (χ0n) is 18.2. The van der Waals surface area contributed by atoms with E-state index in [1.54, 1.807) is 24.3 Å². The Bertz CT molecular complexity index is 1310. The van der Waals surface area contributed by atoms with Gasteiger partial charge in [0.05, 0.1) is 18.5 Å². The van der Waals surface area contributed by atoms with Crippen LogP contribution in [0.25, 0.3) is 0 Å². The summed E-state index contributed by atoms with van der Waals surface area (Å²) in [5.74, 6) is -0.684. The van der Waals surface area contributed by atoms with Crippen LogP contribution in [0.1, 0.15) is 15.9 Å². The monoisotopic (exact) mass is 465 g/mol. The summed E-state index contributed by atoms with van der Waals surface area (Å²) in [6, 6.07) is 20.4. The van der Waals surface area contributed by atoms with E-state index in [-0.39, 0.29) is 35.2 Å². The number of nitrogens with one attached hydrogen (secondary N) is 1. The van der Waals surface area contributed by atoms with Gasteiger partial charge in [-0.05, 0) is 35.9 Å². The number of nitrogens with zero attached hydrogens (tertiary/aromatic N) is 2. The van der Waals surface area contributed by atoms with Crippen LogP contribution in [0, 0.1) is 0 Å². The number of hydrogen-bond donors (Lipinski definition) is 1. The Morgan fingerprint density at radius 2 is 1.76 bits per heavy atom. The van der Waals surface area contributed by atoms with E-state index in [0.29, 0.717) is 11.4 Å². The van der Waals surface area contributed by atoms with Crippen LogP contribution in [0.3, 0.4) is 0 Å². The molecule has 3 aromatic rings. The van der Waals surface area contributed by atoms with Crippen LogP contribution >= 0.6 is 0 Å². The van der Waals surface area contributed by atoms with Gasteiger partial charge in [-0.3, -0.25) is 14.5 Å². The molecule has 0 saturated carbocycles. The van der Waals surface area contributed by atoms with E-state index in [0.717, 1.165) is 5.56 Å². The molecule has 3 aromatic carbocycles. The van der Waals surface area contributed by atoms with Gasteiger partial charge in [-0.2, -0.15) is 4.31 Å². The smallest absolute Gasteiger partial charge is 0.258 e. The number of carbonyl (C=O) groups is 2. The lowest BCUT2D eigenvalue weighted by atomic mass is 10.1. The van der Waals surface area contributed by atoms with Crippen molar-refractivity contribution in [1.29, 1.82) is 0 Å². The number of benzene rings is 3. The fourth-order valence-electron chi connectivity index (χ4n) is 3.67. The highest BCUT2D eigenvalue weighted by molar-refractivity contribution is 7.89. The van der Waals surface area contributed by atoms with E-state index in [4.69, 9.17) is 4.74 Å². The summed E-state index contributed by atoms with van der Waals surface area (Å²) in [6.45, 7) is -0.0119. The van der Waals surface area contributed by atoms with Crippen molar-refractivity contribution in [3.05, 3.63) is 83.9 Å². The minimum atomic E-state index is -3.98. The van der Waals surface area contributed by atoms with Gasteiger partial charge >= 0.3 is 0 Å². The van der Waals surface area contributed by atoms with E-state index in [2.05, 4.69) is 5.32 Å². The molecule has 1 aliphatic heterocycles. The molecule has 0 saturated heterocycles. The van der Waals surface area contributed by atoms with Crippen molar-refractivity contribution in [1.82, 2.24) is 4.31 Å². The van der Waals surface area contributed by atoms with E-state index in [1.165, 1.54) is 41.6 Å². The van der Waals surface area contributed by atoms with Gasteiger partial charge in [0, 0.05) is 19.2 Å². The molecular formula is C24H23N3O5S. The van der Waals surface area contributed by atoms with Gasteiger partial charge in [0.15, 0.2) is 0 Å². The van der Waals surface area contributed by atoms with Crippen LogP contribution in [0.15, 0.2) is 77.7 Å². The molecule has 0 atom stereocenters. The minimum Gasteiger partial charge on any atom is -0.495 e. The van der Waals surface area contributed by atoms with Gasteiger partial charge < -0.3 is 10.1 Å². The van der Waals surface area contributed by atoms with Gasteiger partial charge in [-0.15, -0.1) is 0 Å². The Labute approximate surface area is 192 Å². The topological polar surface area (TPSA) is 96.0 Å². The summed E-state index contributed by atoms with van der Waals surface area (Å²) in [7, 11) is -1.13. The van der Waals surface area contributed by atoms with Gasteiger partial charge in [0.2, 0.25) is 15.9 Å². The third-order valence-corrected chi connectivity index (χ3v) is 7.19. The molecule has 1 N–H and O–H groups in total. The maximum atomic E-state index is 13.4. The molecule has 8 nitrogen and oxygen atoms in total. The Kier molecular flexibility index (Phi) is 6.17. The van der Waals surface area contributed by atoms with Crippen LogP contribution in [-0.2, 0) is 21.4 Å². The first kappa shape index (κ1) is 22.5. The second kappa shape index (κ2) is 9.05. The maximum absolute atomic E-state index is 13.4. The normalized spacial score (nSPS) is 13.4. The van der Waals surface area contributed by atoms with Crippen LogP contribution < -0.4 is 15.0 Å². The van der Waals surface area contributed by atoms with E-state index in [9.17, 15) is 18.0 Å². The van der Waals surface area contributed by atoms with Crippen molar-refractivity contribution in [2.24, 2.45) is 0 Å². The first-order valence-corrected chi connectivity index (χ1v) is 11.6. The van der Waals surface area contributed by atoms with Gasteiger partial charge in [-0.25, -0.2) is 8.42 Å². The summed E-state index contributed by atoms with van der Waals surface area (Å²) in [5, 5.41) is 2.73. The highest BCUT2D eigenvalue weighted by Crippen LogP contribution is 2.32. The Morgan fingerprint density at radius 3 is 2.48 bits per heavy atom. The van der Waals surface area contributed by atoms with Crippen molar-refractivity contribution in [3.8, 4) is 5.75 Å². The lowest BCUT2D eigenvalue weighted by molar-refractivity contribution is -0.115. The number of rotatable bonds is 6. The number of ether oxygens (including phenoxy) is 1. The van der Waals surface area contributed by atoms with Crippen molar-refractivity contribution in [2.45, 2.75) is 11.4 Å². The molecule has 0 aromatic heterocycles. The molecular weight excluding hydrogens is 442 g/mol. The first-order valence-electron chi connectivity index (χ1n) is 10.2. The number of anilines is 2. The average molecular weight is 466 g/mol. The standard InChI is InChI=1S/C24H23N3O5S/c1-26(15-17-8-4-3-5-9-17)33(30,31)22-14-18(12-13-21(22)32-2)24(29)27-16-23(28)25-19-10-6-7-11-20(19)27/h3-14H,15-16H2,1-2H3,(H,25,28). The highest BCUT2D eigenvalue weighted by atomic mass is 32.2.